The maximum atomic E-state index is 12.5. The second-order valence-corrected chi connectivity index (χ2v) is 6.41. The lowest BCUT2D eigenvalue weighted by Crippen LogP contribution is -2.29. The lowest BCUT2D eigenvalue weighted by Gasteiger charge is -2.12. The van der Waals surface area contributed by atoms with Crippen LogP contribution in [-0.2, 0) is 16.5 Å². The molecule has 0 spiro atoms. The van der Waals surface area contributed by atoms with E-state index in [4.69, 9.17) is 4.42 Å². The fourth-order valence-electron chi connectivity index (χ4n) is 1.88. The number of ketones is 1. The molecular formula is C14H11F3O7S. The molecule has 7 nitrogen and oxygen atoms in total. The van der Waals surface area contributed by atoms with Gasteiger partial charge in [0.05, 0.1) is 6.26 Å². The molecule has 11 heteroatoms. The molecule has 0 N–H and O–H groups in total. The minimum absolute atomic E-state index is 0.0462. The summed E-state index contributed by atoms with van der Waals surface area (Å²) in [6.07, 6.45) is 1.07. The molecule has 2 rings (SSSR count). The summed E-state index contributed by atoms with van der Waals surface area (Å²) in [7, 11) is -6.05. The van der Waals surface area contributed by atoms with Crippen LogP contribution in [0, 0.1) is 6.92 Å². The van der Waals surface area contributed by atoms with Crippen molar-refractivity contribution in [3.05, 3.63) is 52.0 Å². The zero-order valence-corrected chi connectivity index (χ0v) is 13.4. The Balaban J connectivity index is 2.37. The zero-order valence-electron chi connectivity index (χ0n) is 12.6. The van der Waals surface area contributed by atoms with Gasteiger partial charge in [0, 0.05) is 18.9 Å². The number of carbonyl (C=O) groups excluding carboxylic acids is 1. The van der Waals surface area contributed by atoms with E-state index in [9.17, 15) is 31.2 Å². The first-order valence-corrected chi connectivity index (χ1v) is 8.13. The average Bonchev–Trinajstić information content (AvgIpc) is 2.95. The average molecular weight is 380 g/mol. The highest BCUT2D eigenvalue weighted by atomic mass is 32.2. The normalized spacial score (nSPS) is 12.2. The molecule has 2 aromatic rings. The summed E-state index contributed by atoms with van der Waals surface area (Å²) >= 11 is 0. The Hall–Kier alpha value is -2.56. The molecule has 0 aliphatic carbocycles. The molecule has 2 heterocycles. The maximum absolute atomic E-state index is 12.5. The van der Waals surface area contributed by atoms with Gasteiger partial charge in [-0.15, -0.1) is 0 Å². The summed E-state index contributed by atoms with van der Waals surface area (Å²) in [5.41, 5.74) is -7.92. The molecule has 0 bridgehead atoms. The molecule has 0 unspecified atom stereocenters. The van der Waals surface area contributed by atoms with Crippen LogP contribution in [0.4, 0.5) is 13.2 Å². The van der Waals surface area contributed by atoms with E-state index in [2.05, 4.69) is 8.60 Å². The highest BCUT2D eigenvalue weighted by Gasteiger charge is 2.49. The second kappa shape index (κ2) is 6.75. The Morgan fingerprint density at radius 2 is 2.00 bits per heavy atom. The minimum Gasteiger partial charge on any atom is -0.469 e. The predicted octanol–water partition coefficient (Wildman–Crippen LogP) is 2.59. The Labute approximate surface area is 139 Å². The minimum atomic E-state index is -6.05. The molecule has 0 aliphatic rings. The predicted molar refractivity (Wildman–Crippen MR) is 76.7 cm³/mol. The van der Waals surface area contributed by atoms with E-state index in [1.165, 1.54) is 13.2 Å². The van der Waals surface area contributed by atoms with Crippen LogP contribution < -0.4 is 9.81 Å². The summed E-state index contributed by atoms with van der Waals surface area (Å²) < 4.78 is 73.3. The lowest BCUT2D eigenvalue weighted by molar-refractivity contribution is -0.0500. The SMILES string of the molecule is Cc1cc(OS(=O)(=O)C(F)(F)F)c(C(=O)CCc2ccco2)c(=O)o1. The van der Waals surface area contributed by atoms with Gasteiger partial charge in [0.15, 0.2) is 11.5 Å². The number of carbonyl (C=O) groups is 1. The molecule has 0 saturated carbocycles. The van der Waals surface area contributed by atoms with Crippen molar-refractivity contribution in [1.29, 1.82) is 0 Å². The Bertz CT molecular complexity index is 924. The quantitative estimate of drug-likeness (QED) is 0.431. The van der Waals surface area contributed by atoms with Crippen molar-refractivity contribution in [2.45, 2.75) is 25.3 Å². The van der Waals surface area contributed by atoms with Crippen molar-refractivity contribution in [2.75, 3.05) is 0 Å². The van der Waals surface area contributed by atoms with Gasteiger partial charge in [0.25, 0.3) is 0 Å². The van der Waals surface area contributed by atoms with Gasteiger partial charge < -0.3 is 13.0 Å². The van der Waals surface area contributed by atoms with Gasteiger partial charge in [-0.05, 0) is 19.1 Å². The van der Waals surface area contributed by atoms with Crippen molar-refractivity contribution in [1.82, 2.24) is 0 Å². The van der Waals surface area contributed by atoms with Gasteiger partial charge in [0.1, 0.15) is 17.1 Å². The van der Waals surface area contributed by atoms with Gasteiger partial charge in [0.2, 0.25) is 0 Å². The van der Waals surface area contributed by atoms with E-state index in [-0.39, 0.29) is 18.6 Å². The molecule has 0 saturated heterocycles. The Morgan fingerprint density at radius 3 is 2.56 bits per heavy atom. The summed E-state index contributed by atoms with van der Waals surface area (Å²) in [5.74, 6) is -1.80. The van der Waals surface area contributed by atoms with Crippen LogP contribution in [0.3, 0.4) is 0 Å². The molecule has 0 atom stereocenters. The number of Topliss-reactive ketones (excluding diaryl/α,β-unsaturated/α-hetero) is 1. The number of furan rings is 1. The Kier molecular flexibility index (Phi) is 5.07. The van der Waals surface area contributed by atoms with Crippen LogP contribution in [0.5, 0.6) is 5.75 Å². The highest BCUT2D eigenvalue weighted by Crippen LogP contribution is 2.29. The van der Waals surface area contributed by atoms with E-state index in [1.807, 2.05) is 0 Å². The first-order chi connectivity index (χ1) is 11.5. The first kappa shape index (κ1) is 18.8. The molecule has 2 aromatic heterocycles. The van der Waals surface area contributed by atoms with Gasteiger partial charge in [-0.3, -0.25) is 4.79 Å². The standard InChI is InChI=1S/C14H11F3O7S/c1-8-7-11(24-25(20,21)14(15,16)17)12(13(19)23-8)10(18)5-4-9-3-2-6-22-9/h2-3,6-7H,4-5H2,1H3. The fourth-order valence-corrected chi connectivity index (χ4v) is 2.35. The molecule has 0 fully saturated rings. The van der Waals surface area contributed by atoms with Gasteiger partial charge in [-0.1, -0.05) is 0 Å². The molecule has 0 radical (unpaired) electrons. The summed E-state index contributed by atoms with van der Waals surface area (Å²) in [4.78, 5) is 24.0. The second-order valence-electron chi connectivity index (χ2n) is 4.87. The summed E-state index contributed by atoms with van der Waals surface area (Å²) in [6.45, 7) is 1.19. The van der Waals surface area contributed by atoms with Crippen LogP contribution in [0.1, 0.15) is 28.3 Å². The van der Waals surface area contributed by atoms with Crippen molar-refractivity contribution in [3.63, 3.8) is 0 Å². The van der Waals surface area contributed by atoms with Gasteiger partial charge in [-0.25, -0.2) is 4.79 Å². The van der Waals surface area contributed by atoms with Crippen LogP contribution in [0.2, 0.25) is 0 Å². The summed E-state index contributed by atoms with van der Waals surface area (Å²) in [5, 5.41) is 0. The van der Waals surface area contributed by atoms with Crippen molar-refractivity contribution >= 4 is 15.9 Å². The molecule has 25 heavy (non-hydrogen) atoms. The monoisotopic (exact) mass is 380 g/mol. The molecule has 0 aliphatic heterocycles. The molecular weight excluding hydrogens is 369 g/mol. The van der Waals surface area contributed by atoms with Crippen molar-refractivity contribution in [2.24, 2.45) is 0 Å². The van der Waals surface area contributed by atoms with Crippen molar-refractivity contribution in [3.8, 4) is 5.75 Å². The van der Waals surface area contributed by atoms with E-state index in [0.29, 0.717) is 5.76 Å². The molecule has 0 aromatic carbocycles. The zero-order chi connectivity index (χ0) is 18.8. The topological polar surface area (TPSA) is 104 Å². The maximum Gasteiger partial charge on any atom is 0.534 e. The number of alkyl halides is 3. The Morgan fingerprint density at radius 1 is 1.32 bits per heavy atom. The first-order valence-electron chi connectivity index (χ1n) is 6.72. The van der Waals surface area contributed by atoms with Crippen LogP contribution in [0.15, 0.2) is 38.1 Å². The number of halogens is 3. The fraction of sp³-hybridized carbons (Fsp3) is 0.286. The third kappa shape index (κ3) is 4.29. The smallest absolute Gasteiger partial charge is 0.469 e. The third-order valence-electron chi connectivity index (χ3n) is 2.98. The largest absolute Gasteiger partial charge is 0.534 e. The number of hydrogen-bond acceptors (Lipinski definition) is 7. The number of aryl methyl sites for hydroxylation is 2. The summed E-state index contributed by atoms with van der Waals surface area (Å²) in [6, 6.07) is 3.84. The van der Waals surface area contributed by atoms with Crippen LogP contribution >= 0.6 is 0 Å². The van der Waals surface area contributed by atoms with Crippen molar-refractivity contribution < 1.29 is 39.4 Å². The van der Waals surface area contributed by atoms with Crippen LogP contribution in [0.25, 0.3) is 0 Å². The van der Waals surface area contributed by atoms with Crippen LogP contribution in [-0.4, -0.2) is 19.7 Å². The lowest BCUT2D eigenvalue weighted by atomic mass is 10.1. The highest BCUT2D eigenvalue weighted by molar-refractivity contribution is 7.88. The third-order valence-corrected chi connectivity index (χ3v) is 3.94. The number of hydrogen-bond donors (Lipinski definition) is 0. The van der Waals surface area contributed by atoms with E-state index < -0.39 is 38.3 Å². The number of rotatable bonds is 6. The molecule has 136 valence electrons. The van der Waals surface area contributed by atoms with E-state index >= 15 is 0 Å². The van der Waals surface area contributed by atoms with Gasteiger partial charge in [-0.2, -0.15) is 21.6 Å². The van der Waals surface area contributed by atoms with E-state index in [1.54, 1.807) is 12.1 Å². The van der Waals surface area contributed by atoms with Gasteiger partial charge >= 0.3 is 21.3 Å². The van der Waals surface area contributed by atoms with E-state index in [0.717, 1.165) is 6.07 Å². The molecule has 0 amide bonds.